The number of rotatable bonds is 6. The van der Waals surface area contributed by atoms with Gasteiger partial charge >= 0.3 is 0 Å². The Morgan fingerprint density at radius 1 is 1.14 bits per heavy atom. The monoisotopic (exact) mass is 423 g/mol. The summed E-state index contributed by atoms with van der Waals surface area (Å²) in [6.45, 7) is 2.71. The summed E-state index contributed by atoms with van der Waals surface area (Å²) in [5, 5.41) is 2.79. The van der Waals surface area contributed by atoms with Crippen molar-refractivity contribution < 1.29 is 4.79 Å². The molecular weight excluding hydrogens is 403 g/mol. The number of nitrogens with two attached hydrogens (primary N) is 1. The molecule has 29 heavy (non-hydrogen) atoms. The minimum Gasteiger partial charge on any atom is -0.366 e. The van der Waals surface area contributed by atoms with Gasteiger partial charge in [-0.05, 0) is 54.3 Å². The third-order valence-corrected chi connectivity index (χ3v) is 6.16. The van der Waals surface area contributed by atoms with Crippen LogP contribution >= 0.6 is 23.2 Å². The molecule has 0 saturated carbocycles. The number of primary amides is 1. The van der Waals surface area contributed by atoms with Gasteiger partial charge in [-0.2, -0.15) is 0 Å². The fourth-order valence-corrected chi connectivity index (χ4v) is 4.22. The number of carbonyl (C=O) groups is 1. The maximum absolute atomic E-state index is 12.1. The first-order valence-corrected chi connectivity index (χ1v) is 10.4. The number of hydrogen-bond acceptors (Lipinski definition) is 1. The number of halogens is 2. The Hall–Kier alpha value is -2.49. The van der Waals surface area contributed by atoms with Crippen LogP contribution in [0.5, 0.6) is 0 Å². The molecule has 0 spiro atoms. The van der Waals surface area contributed by atoms with Crippen LogP contribution in [0.1, 0.15) is 41.3 Å². The lowest BCUT2D eigenvalue weighted by molar-refractivity contribution is 0.100. The molecule has 0 atom stereocenters. The summed E-state index contributed by atoms with van der Waals surface area (Å²) in [4.78, 5) is 12.1. The largest absolute Gasteiger partial charge is 0.366 e. The first-order chi connectivity index (χ1) is 14.0. The van der Waals surface area contributed by atoms with Crippen LogP contribution in [0.4, 0.5) is 0 Å². The average molecular weight is 424 g/mol. The van der Waals surface area contributed by atoms with E-state index in [2.05, 4.69) is 23.6 Å². The Balaban J connectivity index is 1.99. The lowest BCUT2D eigenvalue weighted by Crippen LogP contribution is -2.11. The van der Waals surface area contributed by atoms with Gasteiger partial charge in [-0.3, -0.25) is 4.79 Å². The van der Waals surface area contributed by atoms with E-state index in [4.69, 9.17) is 28.9 Å². The maximum atomic E-state index is 12.1. The highest BCUT2D eigenvalue weighted by atomic mass is 35.5. The van der Waals surface area contributed by atoms with Crippen LogP contribution in [-0.2, 0) is 13.0 Å². The zero-order valence-electron chi connectivity index (χ0n) is 16.1. The van der Waals surface area contributed by atoms with E-state index in [1.54, 1.807) is 12.1 Å². The molecule has 0 bridgehead atoms. The molecule has 3 nitrogen and oxygen atoms in total. The van der Waals surface area contributed by atoms with Gasteiger partial charge in [-0.1, -0.05) is 60.8 Å². The quantitative estimate of drug-likeness (QED) is 0.383. The lowest BCUT2D eigenvalue weighted by Gasteiger charge is -2.11. The molecule has 0 unspecified atom stereocenters. The van der Waals surface area contributed by atoms with Gasteiger partial charge in [0, 0.05) is 22.9 Å². The molecule has 2 N–H and O–H groups in total. The van der Waals surface area contributed by atoms with Crippen molar-refractivity contribution in [2.24, 2.45) is 5.73 Å². The number of hydrogen-bond donors (Lipinski definition) is 1. The first-order valence-electron chi connectivity index (χ1n) is 9.69. The number of fused-ring (bicyclic) bond motifs is 3. The van der Waals surface area contributed by atoms with Crippen molar-refractivity contribution in [3.63, 3.8) is 0 Å². The maximum Gasteiger partial charge on any atom is 0.249 e. The van der Waals surface area contributed by atoms with Gasteiger partial charge in [0.25, 0.3) is 0 Å². The summed E-state index contributed by atoms with van der Waals surface area (Å²) in [5.41, 5.74) is 10.3. The number of nitrogens with zero attached hydrogens (tertiary/aromatic N) is 1. The second kappa shape index (κ2) is 8.10. The van der Waals surface area contributed by atoms with E-state index in [0.29, 0.717) is 22.2 Å². The van der Waals surface area contributed by atoms with Crippen LogP contribution in [0.3, 0.4) is 0 Å². The second-order valence-electron chi connectivity index (χ2n) is 7.23. The van der Waals surface area contributed by atoms with Gasteiger partial charge in [-0.15, -0.1) is 0 Å². The molecule has 4 aromatic rings. The first kappa shape index (κ1) is 19.8. The molecule has 4 rings (SSSR count). The number of unbranched alkanes of at least 4 members (excludes halogenated alkanes) is 1. The summed E-state index contributed by atoms with van der Waals surface area (Å²) < 4.78 is 2.17. The summed E-state index contributed by atoms with van der Waals surface area (Å²) in [6, 6.07) is 18.9. The standard InChI is InChI=1S/C24H21Cl2N2O/c1-2-3-6-15-11-12-17-21(13-15)28(14-16-7-4-9-19(25)23(16)26)20-10-5-8-18(22(17)20)24(27)29/h4-5,7-11,13H,2-3,6,14H2,1H3,(H2,27,29). The molecule has 3 aromatic carbocycles. The minimum absolute atomic E-state index is 0.445. The number of aryl methyl sites for hydroxylation is 1. The van der Waals surface area contributed by atoms with Crippen molar-refractivity contribution in [3.8, 4) is 0 Å². The molecule has 0 aliphatic rings. The SMILES string of the molecule is CCCCc1c[c]c2c3c(C(N)=O)cccc3n(Cc3cccc(Cl)c3Cl)c2c1. The number of benzene rings is 3. The van der Waals surface area contributed by atoms with Gasteiger partial charge in [0.05, 0.1) is 21.1 Å². The zero-order valence-corrected chi connectivity index (χ0v) is 17.6. The summed E-state index contributed by atoms with van der Waals surface area (Å²) in [6.07, 6.45) is 3.24. The minimum atomic E-state index is -0.445. The fourth-order valence-electron chi connectivity index (χ4n) is 3.84. The molecule has 1 radical (unpaired) electrons. The van der Waals surface area contributed by atoms with Gasteiger partial charge in [-0.25, -0.2) is 0 Å². The molecule has 1 heterocycles. The Kier molecular flexibility index (Phi) is 5.53. The summed E-state index contributed by atoms with van der Waals surface area (Å²) >= 11 is 12.7. The second-order valence-corrected chi connectivity index (χ2v) is 8.02. The predicted octanol–water partition coefficient (Wildman–Crippen LogP) is 6.39. The van der Waals surface area contributed by atoms with Crippen LogP contribution < -0.4 is 5.73 Å². The van der Waals surface area contributed by atoms with E-state index in [-0.39, 0.29) is 0 Å². The average Bonchev–Trinajstić information content (AvgIpc) is 3.03. The molecule has 0 fully saturated rings. The highest BCUT2D eigenvalue weighted by molar-refractivity contribution is 6.42. The third-order valence-electron chi connectivity index (χ3n) is 5.30. The zero-order chi connectivity index (χ0) is 20.5. The van der Waals surface area contributed by atoms with Crippen molar-refractivity contribution in [2.45, 2.75) is 32.7 Å². The van der Waals surface area contributed by atoms with E-state index in [9.17, 15) is 4.79 Å². The van der Waals surface area contributed by atoms with Crippen LogP contribution in [0.25, 0.3) is 21.8 Å². The fraction of sp³-hybridized carbons (Fsp3) is 0.208. The molecule has 0 aliphatic carbocycles. The highest BCUT2D eigenvalue weighted by Crippen LogP contribution is 2.34. The van der Waals surface area contributed by atoms with Crippen molar-refractivity contribution >= 4 is 50.9 Å². The molecule has 0 saturated heterocycles. The Labute approximate surface area is 180 Å². The molecule has 1 aromatic heterocycles. The Bertz CT molecular complexity index is 1230. The Morgan fingerprint density at radius 3 is 2.69 bits per heavy atom. The van der Waals surface area contributed by atoms with Gasteiger partial charge in [0.2, 0.25) is 5.91 Å². The van der Waals surface area contributed by atoms with Crippen molar-refractivity contribution in [1.82, 2.24) is 4.57 Å². The molecule has 1 amide bonds. The van der Waals surface area contributed by atoms with Crippen LogP contribution in [0, 0.1) is 6.07 Å². The molecular formula is C24H21Cl2N2O. The number of carbonyl (C=O) groups excluding carboxylic acids is 1. The van der Waals surface area contributed by atoms with Gasteiger partial charge in [0.15, 0.2) is 0 Å². The summed E-state index contributed by atoms with van der Waals surface area (Å²) in [7, 11) is 0. The molecule has 0 aliphatic heterocycles. The van der Waals surface area contributed by atoms with Crippen molar-refractivity contribution in [2.75, 3.05) is 0 Å². The third kappa shape index (κ3) is 3.61. The summed E-state index contributed by atoms with van der Waals surface area (Å²) in [5.74, 6) is -0.445. The number of amides is 1. The lowest BCUT2D eigenvalue weighted by atomic mass is 10.0. The topological polar surface area (TPSA) is 48.0 Å². The normalized spacial score (nSPS) is 11.4. The highest BCUT2D eigenvalue weighted by Gasteiger charge is 2.18. The van der Waals surface area contributed by atoms with E-state index >= 15 is 0 Å². The predicted molar refractivity (Wildman–Crippen MR) is 121 cm³/mol. The van der Waals surface area contributed by atoms with E-state index in [1.165, 1.54) is 5.56 Å². The van der Waals surface area contributed by atoms with Gasteiger partial charge < -0.3 is 10.3 Å². The Morgan fingerprint density at radius 2 is 1.93 bits per heavy atom. The van der Waals surface area contributed by atoms with Crippen molar-refractivity contribution in [1.29, 1.82) is 0 Å². The van der Waals surface area contributed by atoms with Crippen molar-refractivity contribution in [3.05, 3.63) is 81.3 Å². The smallest absolute Gasteiger partial charge is 0.249 e. The molecule has 5 heteroatoms. The van der Waals surface area contributed by atoms with E-state index < -0.39 is 5.91 Å². The number of aromatic nitrogens is 1. The van der Waals surface area contributed by atoms with Gasteiger partial charge in [0.1, 0.15) is 0 Å². The van der Waals surface area contributed by atoms with Crippen LogP contribution in [-0.4, -0.2) is 10.5 Å². The molecule has 147 valence electrons. The van der Waals surface area contributed by atoms with E-state index in [1.807, 2.05) is 30.3 Å². The van der Waals surface area contributed by atoms with Crippen LogP contribution in [0.2, 0.25) is 10.0 Å². The van der Waals surface area contributed by atoms with E-state index in [0.717, 1.165) is 46.6 Å². The van der Waals surface area contributed by atoms with Crippen LogP contribution in [0.15, 0.2) is 48.5 Å².